The molecule has 0 saturated heterocycles. The summed E-state index contributed by atoms with van der Waals surface area (Å²) in [6.45, 7) is 4.23. The van der Waals surface area contributed by atoms with E-state index in [1.807, 2.05) is 30.3 Å². The maximum absolute atomic E-state index is 12.7. The van der Waals surface area contributed by atoms with Crippen molar-refractivity contribution in [1.29, 1.82) is 0 Å². The largest absolute Gasteiger partial charge is 0.466 e. The average molecular weight is 405 g/mol. The summed E-state index contributed by atoms with van der Waals surface area (Å²) < 4.78 is 5.09. The van der Waals surface area contributed by atoms with Crippen LogP contribution in [0.3, 0.4) is 0 Å². The molecular weight excluding hydrogens is 378 g/mol. The Kier molecular flexibility index (Phi) is 5.86. The van der Waals surface area contributed by atoms with E-state index < -0.39 is 12.0 Å². The first-order valence-electron chi connectivity index (χ1n) is 10.4. The van der Waals surface area contributed by atoms with E-state index in [9.17, 15) is 9.59 Å². The molecular formula is C24H27N3O3. The summed E-state index contributed by atoms with van der Waals surface area (Å²) in [5.74, 6) is -0.431. The van der Waals surface area contributed by atoms with Crippen LogP contribution >= 0.6 is 0 Å². The molecule has 0 fully saturated rings. The van der Waals surface area contributed by atoms with Crippen LogP contribution in [0.1, 0.15) is 35.2 Å². The number of hydrogen-bond acceptors (Lipinski definition) is 4. The van der Waals surface area contributed by atoms with Crippen molar-refractivity contribution < 1.29 is 14.3 Å². The van der Waals surface area contributed by atoms with Gasteiger partial charge in [0.25, 0.3) is 0 Å². The van der Waals surface area contributed by atoms with Gasteiger partial charge in [-0.25, -0.2) is 9.59 Å². The van der Waals surface area contributed by atoms with Crippen molar-refractivity contribution in [3.63, 3.8) is 0 Å². The summed E-state index contributed by atoms with van der Waals surface area (Å²) in [6, 6.07) is 15.5. The Morgan fingerprint density at radius 1 is 1.13 bits per heavy atom. The fourth-order valence-corrected chi connectivity index (χ4v) is 4.20. The number of methoxy groups -OCH3 is 1. The molecule has 0 aliphatic carbocycles. The molecule has 2 aliphatic rings. The number of fused-ring (bicyclic) bond motifs is 1. The van der Waals surface area contributed by atoms with Crippen LogP contribution in [0.25, 0.3) is 0 Å². The summed E-state index contributed by atoms with van der Waals surface area (Å²) >= 11 is 0. The van der Waals surface area contributed by atoms with Crippen molar-refractivity contribution in [2.75, 3.05) is 20.2 Å². The lowest BCUT2D eigenvalue weighted by Crippen LogP contribution is -2.48. The highest BCUT2D eigenvalue weighted by molar-refractivity contribution is 5.95. The van der Waals surface area contributed by atoms with Crippen LogP contribution in [0.15, 0.2) is 59.8 Å². The molecule has 2 N–H and O–H groups in total. The van der Waals surface area contributed by atoms with E-state index in [4.69, 9.17) is 4.74 Å². The number of urea groups is 1. The maximum Gasteiger partial charge on any atom is 0.338 e. The molecule has 2 aromatic rings. The molecule has 2 amide bonds. The number of nitrogens with one attached hydrogen (secondary N) is 2. The summed E-state index contributed by atoms with van der Waals surface area (Å²) in [5, 5.41) is 5.75. The topological polar surface area (TPSA) is 70.7 Å². The second-order valence-corrected chi connectivity index (χ2v) is 7.74. The van der Waals surface area contributed by atoms with Gasteiger partial charge in [-0.15, -0.1) is 0 Å². The predicted octanol–water partition coefficient (Wildman–Crippen LogP) is 3.09. The number of carbonyl (C=O) groups excluding carboxylic acids is 2. The molecule has 0 bridgehead atoms. The average Bonchev–Trinajstić information content (AvgIpc) is 2.78. The van der Waals surface area contributed by atoms with Gasteiger partial charge in [0.05, 0.1) is 18.7 Å². The van der Waals surface area contributed by atoms with Gasteiger partial charge in [-0.2, -0.15) is 0 Å². The van der Waals surface area contributed by atoms with Crippen molar-refractivity contribution in [2.45, 2.75) is 32.4 Å². The quantitative estimate of drug-likeness (QED) is 0.750. The van der Waals surface area contributed by atoms with Gasteiger partial charge < -0.3 is 15.4 Å². The number of rotatable bonds is 5. The third kappa shape index (κ3) is 4.09. The third-order valence-corrected chi connectivity index (χ3v) is 5.87. The number of benzene rings is 2. The fourth-order valence-electron chi connectivity index (χ4n) is 4.20. The molecule has 6 heteroatoms. The van der Waals surface area contributed by atoms with Crippen LogP contribution in [0, 0.1) is 0 Å². The molecule has 0 saturated carbocycles. The molecule has 6 nitrogen and oxygen atoms in total. The number of hydrogen-bond donors (Lipinski definition) is 2. The Bertz CT molecular complexity index is 981. The summed E-state index contributed by atoms with van der Waals surface area (Å²) in [4.78, 5) is 27.4. The highest BCUT2D eigenvalue weighted by atomic mass is 16.5. The van der Waals surface area contributed by atoms with Crippen LogP contribution in [0.4, 0.5) is 4.79 Å². The Balaban J connectivity index is 1.66. The summed E-state index contributed by atoms with van der Waals surface area (Å²) in [5.41, 5.74) is 5.78. The van der Waals surface area contributed by atoms with Gasteiger partial charge in [0.1, 0.15) is 0 Å². The van der Waals surface area contributed by atoms with Gasteiger partial charge in [-0.3, -0.25) is 4.90 Å². The lowest BCUT2D eigenvalue weighted by Gasteiger charge is -2.34. The lowest BCUT2D eigenvalue weighted by atomic mass is 9.93. The monoisotopic (exact) mass is 405 g/mol. The molecule has 1 unspecified atom stereocenters. The fraction of sp³-hybridized carbons (Fsp3) is 0.333. The highest BCUT2D eigenvalue weighted by Gasteiger charge is 2.34. The van der Waals surface area contributed by atoms with Crippen molar-refractivity contribution in [2.24, 2.45) is 0 Å². The van der Waals surface area contributed by atoms with E-state index in [0.29, 0.717) is 17.8 Å². The highest BCUT2D eigenvalue weighted by Crippen LogP contribution is 2.29. The number of ether oxygens (including phenoxy) is 1. The zero-order chi connectivity index (χ0) is 21.1. The van der Waals surface area contributed by atoms with Crippen molar-refractivity contribution >= 4 is 12.0 Å². The standard InChI is InChI=1S/C24H27N3O3/c1-3-16-8-10-18(11-9-16)22-21(23(28)30-2)20(25-24(29)26-22)15-27-13-12-17-6-4-5-7-19(17)14-27/h4-11,22H,3,12-15H2,1-2H3,(H2,25,26,29). The van der Waals surface area contributed by atoms with Crippen molar-refractivity contribution in [3.05, 3.63) is 82.1 Å². The molecule has 0 radical (unpaired) electrons. The van der Waals surface area contributed by atoms with E-state index in [0.717, 1.165) is 31.5 Å². The van der Waals surface area contributed by atoms with E-state index in [2.05, 4.69) is 40.7 Å². The first-order chi connectivity index (χ1) is 14.6. The van der Waals surface area contributed by atoms with Crippen LogP contribution < -0.4 is 10.6 Å². The van der Waals surface area contributed by atoms with Gasteiger partial charge in [-0.1, -0.05) is 55.5 Å². The number of carbonyl (C=O) groups is 2. The first-order valence-corrected chi connectivity index (χ1v) is 10.4. The van der Waals surface area contributed by atoms with E-state index in [1.165, 1.54) is 23.8 Å². The Labute approximate surface area is 176 Å². The smallest absolute Gasteiger partial charge is 0.338 e. The SMILES string of the molecule is CCc1ccc(C2NC(=O)NC(CN3CCc4ccccc4C3)=C2C(=O)OC)cc1. The molecule has 0 spiro atoms. The van der Waals surface area contributed by atoms with Gasteiger partial charge >= 0.3 is 12.0 Å². The Morgan fingerprint density at radius 2 is 1.87 bits per heavy atom. The van der Waals surface area contributed by atoms with Gasteiger partial charge in [-0.05, 0) is 35.1 Å². The predicted molar refractivity (Wildman–Crippen MR) is 115 cm³/mol. The molecule has 4 rings (SSSR count). The molecule has 0 aromatic heterocycles. The Hall–Kier alpha value is -3.12. The van der Waals surface area contributed by atoms with E-state index >= 15 is 0 Å². The second-order valence-electron chi connectivity index (χ2n) is 7.74. The van der Waals surface area contributed by atoms with Crippen LogP contribution in [-0.2, 0) is 28.9 Å². The van der Waals surface area contributed by atoms with Gasteiger partial charge in [0.15, 0.2) is 0 Å². The third-order valence-electron chi connectivity index (χ3n) is 5.87. The zero-order valence-electron chi connectivity index (χ0n) is 17.4. The number of esters is 1. The molecule has 2 heterocycles. The van der Waals surface area contributed by atoms with Gasteiger partial charge in [0, 0.05) is 25.3 Å². The molecule has 156 valence electrons. The number of aryl methyl sites for hydroxylation is 1. The number of nitrogens with zero attached hydrogens (tertiary/aromatic N) is 1. The summed E-state index contributed by atoms with van der Waals surface area (Å²) in [7, 11) is 1.37. The lowest BCUT2D eigenvalue weighted by molar-refractivity contribution is -0.136. The van der Waals surface area contributed by atoms with Gasteiger partial charge in [0.2, 0.25) is 0 Å². The minimum atomic E-state index is -0.538. The van der Waals surface area contributed by atoms with E-state index in [1.54, 1.807) is 0 Å². The Morgan fingerprint density at radius 3 is 2.57 bits per heavy atom. The van der Waals surface area contributed by atoms with Crippen LogP contribution in [-0.4, -0.2) is 37.1 Å². The molecule has 2 aromatic carbocycles. The van der Waals surface area contributed by atoms with Crippen molar-refractivity contribution in [1.82, 2.24) is 15.5 Å². The first kappa shape index (κ1) is 20.2. The minimum absolute atomic E-state index is 0.306. The van der Waals surface area contributed by atoms with Crippen LogP contribution in [0.5, 0.6) is 0 Å². The maximum atomic E-state index is 12.7. The number of amides is 2. The summed E-state index contributed by atoms with van der Waals surface area (Å²) in [6.07, 6.45) is 1.88. The van der Waals surface area contributed by atoms with E-state index in [-0.39, 0.29) is 6.03 Å². The molecule has 2 aliphatic heterocycles. The van der Waals surface area contributed by atoms with Crippen LogP contribution in [0.2, 0.25) is 0 Å². The molecule has 1 atom stereocenters. The zero-order valence-corrected chi connectivity index (χ0v) is 17.4. The van der Waals surface area contributed by atoms with Crippen molar-refractivity contribution in [3.8, 4) is 0 Å². The minimum Gasteiger partial charge on any atom is -0.466 e. The normalized spacial score (nSPS) is 19.0. The molecule has 30 heavy (non-hydrogen) atoms. The second kappa shape index (κ2) is 8.71.